The molecule has 0 saturated heterocycles. The number of aromatic nitrogens is 3. The minimum atomic E-state index is -0.0681. The van der Waals surface area contributed by atoms with E-state index in [0.717, 1.165) is 27.0 Å². The minimum absolute atomic E-state index is 0. The molecule has 0 bridgehead atoms. The number of ether oxygens (including phenoxy) is 1. The predicted molar refractivity (Wildman–Crippen MR) is 82.7 cm³/mol. The van der Waals surface area contributed by atoms with E-state index < -0.39 is 0 Å². The summed E-state index contributed by atoms with van der Waals surface area (Å²) in [5.74, 6) is 0.806. The Labute approximate surface area is 126 Å². The minimum Gasteiger partial charge on any atom is -0.496 e. The fourth-order valence-electron chi connectivity index (χ4n) is 1.89. The fraction of sp³-hybridized carbons (Fsp3) is 0.231. The first-order valence-corrected chi connectivity index (χ1v) is 6.76. The predicted octanol–water partition coefficient (Wildman–Crippen LogP) is 2.91. The number of hydrogen-bond acceptors (Lipinski definition) is 5. The molecule has 1 unspecified atom stereocenters. The molecule has 20 heavy (non-hydrogen) atoms. The van der Waals surface area contributed by atoms with Gasteiger partial charge in [-0.15, -0.1) is 12.4 Å². The van der Waals surface area contributed by atoms with Gasteiger partial charge in [0.15, 0.2) is 0 Å². The Kier molecular flexibility index (Phi) is 4.27. The summed E-state index contributed by atoms with van der Waals surface area (Å²) in [5.41, 5.74) is 7.64. The van der Waals surface area contributed by atoms with Gasteiger partial charge in [-0.3, -0.25) is 0 Å². The molecule has 1 atom stereocenters. The number of nitrogens with zero attached hydrogens (tertiary/aromatic N) is 3. The SMILES string of the molecule is COc1ccccc1-c1cn2nc(C(C)N)sc2n1.Cl. The van der Waals surface area contributed by atoms with Crippen molar-refractivity contribution in [3.05, 3.63) is 35.5 Å². The smallest absolute Gasteiger partial charge is 0.212 e. The van der Waals surface area contributed by atoms with Gasteiger partial charge in [0, 0.05) is 5.56 Å². The van der Waals surface area contributed by atoms with Crippen molar-refractivity contribution < 1.29 is 4.74 Å². The van der Waals surface area contributed by atoms with Crippen LogP contribution in [0.5, 0.6) is 5.75 Å². The zero-order valence-corrected chi connectivity index (χ0v) is 12.7. The molecule has 3 aromatic rings. The van der Waals surface area contributed by atoms with Crippen molar-refractivity contribution in [2.45, 2.75) is 13.0 Å². The molecular formula is C13H15ClN4OS. The summed E-state index contributed by atoms with van der Waals surface area (Å²) < 4.78 is 7.12. The summed E-state index contributed by atoms with van der Waals surface area (Å²) in [5, 5.41) is 5.30. The molecule has 2 heterocycles. The number of fused-ring (bicyclic) bond motifs is 1. The van der Waals surface area contributed by atoms with Crippen molar-refractivity contribution in [1.29, 1.82) is 0 Å². The van der Waals surface area contributed by atoms with Crippen molar-refractivity contribution in [2.75, 3.05) is 7.11 Å². The molecule has 0 radical (unpaired) electrons. The van der Waals surface area contributed by atoms with Gasteiger partial charge in [-0.25, -0.2) is 9.50 Å². The molecule has 2 N–H and O–H groups in total. The van der Waals surface area contributed by atoms with Gasteiger partial charge < -0.3 is 10.5 Å². The lowest BCUT2D eigenvalue weighted by molar-refractivity contribution is 0.416. The summed E-state index contributed by atoms with van der Waals surface area (Å²) in [6.45, 7) is 1.92. The van der Waals surface area contributed by atoms with Gasteiger partial charge in [0.2, 0.25) is 4.96 Å². The van der Waals surface area contributed by atoms with Gasteiger partial charge in [0.1, 0.15) is 10.8 Å². The summed E-state index contributed by atoms with van der Waals surface area (Å²) in [6.07, 6.45) is 1.90. The summed E-state index contributed by atoms with van der Waals surface area (Å²) in [4.78, 5) is 5.42. The lowest BCUT2D eigenvalue weighted by Crippen LogP contribution is -2.04. The molecule has 3 rings (SSSR count). The van der Waals surface area contributed by atoms with Crippen LogP contribution in [0.3, 0.4) is 0 Å². The van der Waals surface area contributed by atoms with E-state index in [4.69, 9.17) is 10.5 Å². The van der Waals surface area contributed by atoms with Crippen LogP contribution in [0.15, 0.2) is 30.5 Å². The maximum absolute atomic E-state index is 5.82. The summed E-state index contributed by atoms with van der Waals surface area (Å²) in [7, 11) is 1.66. The normalized spacial score (nSPS) is 12.2. The third kappa shape index (κ3) is 2.49. The third-order valence-corrected chi connectivity index (χ3v) is 3.95. The average molecular weight is 311 g/mol. The molecule has 1 aromatic carbocycles. The Morgan fingerprint density at radius 3 is 2.75 bits per heavy atom. The summed E-state index contributed by atoms with van der Waals surface area (Å²) >= 11 is 1.51. The van der Waals surface area contributed by atoms with Crippen LogP contribution in [0.2, 0.25) is 0 Å². The van der Waals surface area contributed by atoms with Gasteiger partial charge in [-0.2, -0.15) is 5.10 Å². The van der Waals surface area contributed by atoms with E-state index in [2.05, 4.69) is 10.1 Å². The molecule has 2 aromatic heterocycles. The van der Waals surface area contributed by atoms with Gasteiger partial charge >= 0.3 is 0 Å². The Balaban J connectivity index is 0.00000147. The van der Waals surface area contributed by atoms with E-state index in [-0.39, 0.29) is 18.4 Å². The van der Waals surface area contributed by atoms with Crippen LogP contribution < -0.4 is 10.5 Å². The molecule has 0 aliphatic heterocycles. The Bertz CT molecular complexity index is 691. The first kappa shape index (κ1) is 14.8. The number of imidazole rings is 1. The molecule has 5 nitrogen and oxygen atoms in total. The highest BCUT2D eigenvalue weighted by molar-refractivity contribution is 7.16. The number of hydrogen-bond donors (Lipinski definition) is 1. The van der Waals surface area contributed by atoms with Gasteiger partial charge in [-0.05, 0) is 19.1 Å². The van der Waals surface area contributed by atoms with Crippen molar-refractivity contribution >= 4 is 28.7 Å². The highest BCUT2D eigenvalue weighted by atomic mass is 35.5. The second-order valence-electron chi connectivity index (χ2n) is 4.28. The van der Waals surface area contributed by atoms with Crippen LogP contribution in [0.25, 0.3) is 16.2 Å². The van der Waals surface area contributed by atoms with Crippen LogP contribution in [0.4, 0.5) is 0 Å². The first-order valence-electron chi connectivity index (χ1n) is 5.94. The van der Waals surface area contributed by atoms with Crippen molar-refractivity contribution in [1.82, 2.24) is 14.6 Å². The second kappa shape index (κ2) is 5.78. The third-order valence-electron chi connectivity index (χ3n) is 2.83. The topological polar surface area (TPSA) is 65.4 Å². The molecule has 0 fully saturated rings. The molecule has 7 heteroatoms. The van der Waals surface area contributed by atoms with Crippen LogP contribution in [0.1, 0.15) is 18.0 Å². The number of halogens is 1. The quantitative estimate of drug-likeness (QED) is 0.808. The zero-order chi connectivity index (χ0) is 13.4. The maximum Gasteiger partial charge on any atom is 0.212 e. The monoisotopic (exact) mass is 310 g/mol. The standard InChI is InChI=1S/C13H14N4OS.ClH/c1-8(14)12-16-17-7-10(15-13(17)19-12)9-5-3-4-6-11(9)18-2;/h3-8H,14H2,1-2H3;1H. The fourth-order valence-corrected chi connectivity index (χ4v) is 2.72. The average Bonchev–Trinajstić information content (AvgIpc) is 2.96. The molecular weight excluding hydrogens is 296 g/mol. The van der Waals surface area contributed by atoms with E-state index in [9.17, 15) is 0 Å². The molecule has 0 amide bonds. The number of nitrogens with two attached hydrogens (primary N) is 1. The lowest BCUT2D eigenvalue weighted by atomic mass is 10.1. The van der Waals surface area contributed by atoms with E-state index in [1.165, 1.54) is 11.3 Å². The van der Waals surface area contributed by atoms with Gasteiger partial charge in [-0.1, -0.05) is 23.5 Å². The largest absolute Gasteiger partial charge is 0.496 e. The van der Waals surface area contributed by atoms with Crippen molar-refractivity contribution in [2.24, 2.45) is 5.73 Å². The van der Waals surface area contributed by atoms with Gasteiger partial charge in [0.05, 0.1) is 25.0 Å². The number of methoxy groups -OCH3 is 1. The Hall–Kier alpha value is -1.63. The number of rotatable bonds is 3. The molecule has 0 spiro atoms. The first-order chi connectivity index (χ1) is 9.19. The molecule has 106 valence electrons. The number of para-hydroxylation sites is 1. The van der Waals surface area contributed by atoms with Crippen LogP contribution in [-0.4, -0.2) is 21.7 Å². The van der Waals surface area contributed by atoms with Crippen LogP contribution in [-0.2, 0) is 0 Å². The van der Waals surface area contributed by atoms with Crippen molar-refractivity contribution in [3.8, 4) is 17.0 Å². The zero-order valence-electron chi connectivity index (χ0n) is 11.1. The number of benzene rings is 1. The van der Waals surface area contributed by atoms with E-state index in [0.29, 0.717) is 0 Å². The Morgan fingerprint density at radius 1 is 1.35 bits per heavy atom. The highest BCUT2D eigenvalue weighted by Gasteiger charge is 2.13. The molecule has 0 aliphatic carbocycles. The van der Waals surface area contributed by atoms with Crippen molar-refractivity contribution in [3.63, 3.8) is 0 Å². The van der Waals surface area contributed by atoms with E-state index >= 15 is 0 Å². The van der Waals surface area contributed by atoms with Gasteiger partial charge in [0.25, 0.3) is 0 Å². The van der Waals surface area contributed by atoms with Crippen LogP contribution in [0, 0.1) is 0 Å². The highest BCUT2D eigenvalue weighted by Crippen LogP contribution is 2.30. The van der Waals surface area contributed by atoms with Crippen LogP contribution >= 0.6 is 23.7 Å². The molecule has 0 aliphatic rings. The Morgan fingerprint density at radius 2 is 2.10 bits per heavy atom. The maximum atomic E-state index is 5.82. The van der Waals surface area contributed by atoms with E-state index in [1.807, 2.05) is 37.4 Å². The summed E-state index contributed by atoms with van der Waals surface area (Å²) in [6, 6.07) is 7.74. The van der Waals surface area contributed by atoms with E-state index in [1.54, 1.807) is 11.6 Å². The lowest BCUT2D eigenvalue weighted by Gasteiger charge is -2.04. The second-order valence-corrected chi connectivity index (χ2v) is 5.27. The molecule has 0 saturated carbocycles.